The zero-order valence-corrected chi connectivity index (χ0v) is 19.5. The van der Waals surface area contributed by atoms with E-state index in [9.17, 15) is 9.59 Å². The summed E-state index contributed by atoms with van der Waals surface area (Å²) in [4.78, 5) is 30.0. The maximum atomic E-state index is 13.3. The first-order valence-electron chi connectivity index (χ1n) is 12.1. The Kier molecular flexibility index (Phi) is 7.51. The number of nitrogens with one attached hydrogen (secondary N) is 1. The lowest BCUT2D eigenvalue weighted by atomic mass is 9.82. The van der Waals surface area contributed by atoms with E-state index >= 15 is 0 Å². The van der Waals surface area contributed by atoms with Gasteiger partial charge in [-0.05, 0) is 43.1 Å². The largest absolute Gasteiger partial charge is 0.489 e. The first-order valence-corrected chi connectivity index (χ1v) is 12.1. The zero-order chi connectivity index (χ0) is 22.5. The van der Waals surface area contributed by atoms with Crippen molar-refractivity contribution in [3.05, 3.63) is 42.0 Å². The number of carbonyl (C=O) groups is 2. The van der Waals surface area contributed by atoms with Crippen LogP contribution in [0.5, 0.6) is 5.75 Å². The van der Waals surface area contributed by atoms with Gasteiger partial charge in [0.25, 0.3) is 0 Å². The van der Waals surface area contributed by atoms with Gasteiger partial charge in [-0.25, -0.2) is 0 Å². The number of ether oxygens (including phenoxy) is 1. The summed E-state index contributed by atoms with van der Waals surface area (Å²) < 4.78 is 6.10. The maximum Gasteiger partial charge on any atom is 0.236 e. The van der Waals surface area contributed by atoms with Crippen LogP contribution in [0, 0.1) is 17.8 Å². The van der Waals surface area contributed by atoms with Crippen LogP contribution in [0.4, 0.5) is 0 Å². The van der Waals surface area contributed by atoms with Crippen LogP contribution in [0.2, 0.25) is 0 Å². The predicted molar refractivity (Wildman–Crippen MR) is 125 cm³/mol. The van der Waals surface area contributed by atoms with Gasteiger partial charge >= 0.3 is 0 Å². The van der Waals surface area contributed by atoms with Crippen molar-refractivity contribution in [2.24, 2.45) is 17.8 Å². The van der Waals surface area contributed by atoms with Crippen LogP contribution >= 0.6 is 0 Å². The highest BCUT2D eigenvalue weighted by atomic mass is 16.5. The minimum absolute atomic E-state index is 0.155. The first-order chi connectivity index (χ1) is 15.5. The molecule has 6 heteroatoms. The van der Waals surface area contributed by atoms with Gasteiger partial charge in [0, 0.05) is 44.2 Å². The lowest BCUT2D eigenvalue weighted by molar-refractivity contribution is -0.135. The van der Waals surface area contributed by atoms with Crippen LogP contribution in [0.25, 0.3) is 0 Å². The van der Waals surface area contributed by atoms with E-state index in [1.165, 1.54) is 0 Å². The molecule has 0 radical (unpaired) electrons. The molecule has 2 amide bonds. The molecule has 1 saturated heterocycles. The Morgan fingerprint density at radius 1 is 1.19 bits per heavy atom. The van der Waals surface area contributed by atoms with Crippen LogP contribution in [-0.4, -0.2) is 60.4 Å². The fraction of sp³-hybridized carbons (Fsp3) is 0.615. The molecular formula is C26H37N3O3. The highest BCUT2D eigenvalue weighted by molar-refractivity contribution is 5.79. The standard InChI is InChI=1S/C26H37N3O3/c1-19(2)15-28-16-22-6-3-4-8-24(22)32-13-5-7-21-17-29(26(31)18-28)12-11-20(21)14-25(30)27-23-9-10-23/h3-8,19-21,23H,9-18H2,1-2H3,(H,27,30)/b7-5+/t20-,21-/m0/s1. The molecule has 0 unspecified atom stereocenters. The summed E-state index contributed by atoms with van der Waals surface area (Å²) in [6.45, 7) is 8.25. The Labute approximate surface area is 192 Å². The Morgan fingerprint density at radius 2 is 2.00 bits per heavy atom. The Balaban J connectivity index is 1.51. The van der Waals surface area contributed by atoms with Crippen molar-refractivity contribution in [2.45, 2.75) is 52.1 Å². The van der Waals surface area contributed by atoms with Crippen molar-refractivity contribution in [1.82, 2.24) is 15.1 Å². The van der Waals surface area contributed by atoms with Crippen molar-refractivity contribution < 1.29 is 14.3 Å². The molecule has 3 aliphatic rings. The molecule has 6 nitrogen and oxygen atoms in total. The smallest absolute Gasteiger partial charge is 0.236 e. The van der Waals surface area contributed by atoms with Gasteiger partial charge in [-0.3, -0.25) is 14.5 Å². The van der Waals surface area contributed by atoms with Crippen molar-refractivity contribution in [3.63, 3.8) is 0 Å². The first kappa shape index (κ1) is 22.8. The average Bonchev–Trinajstić information content (AvgIpc) is 3.55. The van der Waals surface area contributed by atoms with Gasteiger partial charge in [0.2, 0.25) is 11.8 Å². The second-order valence-electron chi connectivity index (χ2n) is 10.0. The molecule has 2 fully saturated rings. The Bertz CT molecular complexity index is 833. The molecule has 1 aromatic rings. The second kappa shape index (κ2) is 10.5. The number of nitrogens with zero attached hydrogens (tertiary/aromatic N) is 2. The molecule has 1 N–H and O–H groups in total. The predicted octanol–water partition coefficient (Wildman–Crippen LogP) is 3.23. The molecule has 2 atom stereocenters. The molecule has 1 saturated carbocycles. The number of fused-ring (bicyclic) bond motifs is 3. The van der Waals surface area contributed by atoms with E-state index in [0.717, 1.165) is 43.7 Å². The lowest BCUT2D eigenvalue weighted by Gasteiger charge is -2.38. The summed E-state index contributed by atoms with van der Waals surface area (Å²) in [7, 11) is 0. The number of piperidine rings is 1. The Hall–Kier alpha value is -2.34. The van der Waals surface area contributed by atoms with Gasteiger partial charge in [0.1, 0.15) is 12.4 Å². The molecule has 2 heterocycles. The quantitative estimate of drug-likeness (QED) is 0.716. The number of rotatable bonds is 5. The summed E-state index contributed by atoms with van der Waals surface area (Å²) in [5.41, 5.74) is 1.11. The summed E-state index contributed by atoms with van der Waals surface area (Å²) in [5.74, 6) is 2.12. The highest BCUT2D eigenvalue weighted by Crippen LogP contribution is 2.29. The second-order valence-corrected chi connectivity index (χ2v) is 10.0. The number of carbonyl (C=O) groups excluding carboxylic acids is 2. The summed E-state index contributed by atoms with van der Waals surface area (Å²) in [5, 5.41) is 3.12. The van der Waals surface area contributed by atoms with E-state index in [-0.39, 0.29) is 23.7 Å². The van der Waals surface area contributed by atoms with E-state index in [2.05, 4.69) is 42.3 Å². The monoisotopic (exact) mass is 439 g/mol. The Morgan fingerprint density at radius 3 is 2.78 bits per heavy atom. The molecule has 4 rings (SSSR count). The van der Waals surface area contributed by atoms with Crippen LogP contribution in [0.15, 0.2) is 36.4 Å². The number of amides is 2. The normalized spacial score (nSPS) is 25.7. The van der Waals surface area contributed by atoms with Crippen LogP contribution in [0.3, 0.4) is 0 Å². The van der Waals surface area contributed by atoms with Gasteiger partial charge in [-0.1, -0.05) is 44.2 Å². The van der Waals surface area contributed by atoms with Crippen molar-refractivity contribution in [2.75, 3.05) is 32.8 Å². The number of hydrogen-bond acceptors (Lipinski definition) is 4. The summed E-state index contributed by atoms with van der Waals surface area (Å²) in [6, 6.07) is 8.50. The van der Waals surface area contributed by atoms with E-state index in [4.69, 9.17) is 4.74 Å². The van der Waals surface area contributed by atoms with E-state index < -0.39 is 0 Å². The third kappa shape index (κ3) is 6.35. The minimum atomic E-state index is 0.155. The fourth-order valence-corrected chi connectivity index (χ4v) is 4.86. The van der Waals surface area contributed by atoms with Gasteiger partial charge < -0.3 is 15.0 Å². The third-order valence-electron chi connectivity index (χ3n) is 6.62. The van der Waals surface area contributed by atoms with Crippen molar-refractivity contribution >= 4 is 11.8 Å². The third-order valence-corrected chi connectivity index (χ3v) is 6.62. The van der Waals surface area contributed by atoms with E-state index in [0.29, 0.717) is 44.6 Å². The zero-order valence-electron chi connectivity index (χ0n) is 19.5. The van der Waals surface area contributed by atoms with E-state index in [1.807, 2.05) is 23.1 Å². The van der Waals surface area contributed by atoms with Crippen LogP contribution in [0.1, 0.15) is 45.1 Å². The van der Waals surface area contributed by atoms with Crippen molar-refractivity contribution in [1.29, 1.82) is 0 Å². The molecule has 174 valence electrons. The molecule has 2 aliphatic heterocycles. The van der Waals surface area contributed by atoms with Gasteiger partial charge in [-0.2, -0.15) is 0 Å². The number of hydrogen-bond donors (Lipinski definition) is 1. The van der Waals surface area contributed by atoms with Crippen LogP contribution < -0.4 is 10.1 Å². The van der Waals surface area contributed by atoms with Gasteiger partial charge in [0.15, 0.2) is 0 Å². The maximum absolute atomic E-state index is 13.3. The number of para-hydroxylation sites is 1. The van der Waals surface area contributed by atoms with Crippen LogP contribution in [-0.2, 0) is 16.1 Å². The minimum Gasteiger partial charge on any atom is -0.489 e. The van der Waals surface area contributed by atoms with Gasteiger partial charge in [0.05, 0.1) is 6.54 Å². The summed E-state index contributed by atoms with van der Waals surface area (Å²) >= 11 is 0. The van der Waals surface area contributed by atoms with Gasteiger partial charge in [-0.15, -0.1) is 0 Å². The molecule has 1 aliphatic carbocycles. The highest BCUT2D eigenvalue weighted by Gasteiger charge is 2.33. The SMILES string of the molecule is CC(C)CN1CC(=O)N2CC[C@@H](CC(=O)NC3CC3)[C@@H](/C=C/COc3ccccc3C1)C2. The number of benzene rings is 1. The fourth-order valence-electron chi connectivity index (χ4n) is 4.86. The molecular weight excluding hydrogens is 402 g/mol. The average molecular weight is 440 g/mol. The molecule has 1 aromatic carbocycles. The molecule has 0 spiro atoms. The summed E-state index contributed by atoms with van der Waals surface area (Å²) in [6.07, 6.45) is 7.84. The van der Waals surface area contributed by atoms with E-state index in [1.54, 1.807) is 0 Å². The topological polar surface area (TPSA) is 61.9 Å². The lowest BCUT2D eigenvalue weighted by Crippen LogP contribution is -2.48. The molecule has 2 bridgehead atoms. The molecule has 32 heavy (non-hydrogen) atoms. The van der Waals surface area contributed by atoms with Crippen molar-refractivity contribution in [3.8, 4) is 5.75 Å². The molecule has 0 aromatic heterocycles.